The smallest absolute Gasteiger partial charge is 0.273 e. The largest absolute Gasteiger partial charge is 0.494 e. The molecule has 2 amide bonds. The van der Waals surface area contributed by atoms with Gasteiger partial charge >= 0.3 is 0 Å². The van der Waals surface area contributed by atoms with Gasteiger partial charge in [0.2, 0.25) is 5.91 Å². The molecule has 0 heterocycles. The van der Waals surface area contributed by atoms with Gasteiger partial charge in [0.15, 0.2) is 0 Å². The van der Waals surface area contributed by atoms with Crippen molar-refractivity contribution in [3.63, 3.8) is 0 Å². The van der Waals surface area contributed by atoms with Gasteiger partial charge in [-0.2, -0.15) is 0 Å². The van der Waals surface area contributed by atoms with Crippen LogP contribution in [0, 0.1) is 10.1 Å². The van der Waals surface area contributed by atoms with E-state index in [0.29, 0.717) is 11.3 Å². The molecule has 2 aromatic carbocycles. The topological polar surface area (TPSA) is 111 Å². The molecular weight excluding hydrogens is 326 g/mol. The van der Waals surface area contributed by atoms with Crippen molar-refractivity contribution < 1.29 is 19.2 Å². The summed E-state index contributed by atoms with van der Waals surface area (Å²) in [7, 11) is 1.36. The second kappa shape index (κ2) is 8.44. The predicted octanol–water partition coefficient (Wildman–Crippen LogP) is 2.36. The number of nitro benzene ring substituents is 1. The number of hydrogen-bond donors (Lipinski definition) is 2. The Balaban J connectivity index is 1.88. The van der Waals surface area contributed by atoms with Crippen molar-refractivity contribution >= 4 is 23.2 Å². The molecule has 130 valence electrons. The number of nitrogens with zero attached hydrogens (tertiary/aromatic N) is 1. The summed E-state index contributed by atoms with van der Waals surface area (Å²) in [6.45, 7) is 0.162. The van der Waals surface area contributed by atoms with E-state index < -0.39 is 4.92 Å². The van der Waals surface area contributed by atoms with E-state index in [2.05, 4.69) is 10.6 Å². The van der Waals surface area contributed by atoms with Gasteiger partial charge in [-0.3, -0.25) is 19.7 Å². The van der Waals surface area contributed by atoms with Crippen LogP contribution in [0.2, 0.25) is 0 Å². The fourth-order valence-corrected chi connectivity index (χ4v) is 2.09. The van der Waals surface area contributed by atoms with E-state index in [0.717, 1.165) is 0 Å². The molecule has 8 heteroatoms. The molecular formula is C17H17N3O5. The van der Waals surface area contributed by atoms with Crippen LogP contribution in [0.25, 0.3) is 0 Å². The number of nitrogens with one attached hydrogen (secondary N) is 2. The summed E-state index contributed by atoms with van der Waals surface area (Å²) in [6.07, 6.45) is 0.0543. The van der Waals surface area contributed by atoms with Crippen LogP contribution in [0.15, 0.2) is 48.5 Å². The zero-order chi connectivity index (χ0) is 18.2. The fourth-order valence-electron chi connectivity index (χ4n) is 2.09. The Labute approximate surface area is 144 Å². The number of anilines is 1. The maximum atomic E-state index is 12.0. The first-order valence-corrected chi connectivity index (χ1v) is 7.47. The van der Waals surface area contributed by atoms with Gasteiger partial charge in [-0.1, -0.05) is 18.2 Å². The molecule has 0 unspecified atom stereocenters. The maximum Gasteiger partial charge on any atom is 0.273 e. The van der Waals surface area contributed by atoms with Gasteiger partial charge in [0.25, 0.3) is 11.6 Å². The normalized spacial score (nSPS) is 9.96. The summed E-state index contributed by atoms with van der Waals surface area (Å²) < 4.78 is 5.05. The quantitative estimate of drug-likeness (QED) is 0.592. The fraction of sp³-hybridized carbons (Fsp3) is 0.176. The molecule has 0 aliphatic rings. The molecule has 2 N–H and O–H groups in total. The van der Waals surface area contributed by atoms with Gasteiger partial charge in [0.1, 0.15) is 5.75 Å². The maximum absolute atomic E-state index is 12.0. The van der Waals surface area contributed by atoms with Crippen molar-refractivity contribution in [1.82, 2.24) is 5.32 Å². The highest BCUT2D eigenvalue weighted by Gasteiger charge is 2.13. The molecule has 25 heavy (non-hydrogen) atoms. The van der Waals surface area contributed by atoms with Crippen molar-refractivity contribution in [2.24, 2.45) is 0 Å². The van der Waals surface area contributed by atoms with Crippen molar-refractivity contribution in [3.8, 4) is 5.75 Å². The van der Waals surface area contributed by atoms with Crippen LogP contribution in [0.5, 0.6) is 5.75 Å². The number of nitro groups is 1. The van der Waals surface area contributed by atoms with E-state index in [1.807, 2.05) is 6.07 Å². The molecule has 2 rings (SSSR count). The number of non-ortho nitro benzene ring substituents is 1. The molecule has 8 nitrogen and oxygen atoms in total. The third-order valence-corrected chi connectivity index (χ3v) is 3.34. The zero-order valence-corrected chi connectivity index (χ0v) is 13.5. The summed E-state index contributed by atoms with van der Waals surface area (Å²) in [4.78, 5) is 34.0. The Morgan fingerprint density at radius 2 is 1.88 bits per heavy atom. The number of amides is 2. The van der Waals surface area contributed by atoms with E-state index in [9.17, 15) is 19.7 Å². The van der Waals surface area contributed by atoms with Crippen molar-refractivity contribution in [1.29, 1.82) is 0 Å². The van der Waals surface area contributed by atoms with Crippen LogP contribution in [0.4, 0.5) is 11.4 Å². The van der Waals surface area contributed by atoms with Gasteiger partial charge in [-0.15, -0.1) is 0 Å². The second-order valence-corrected chi connectivity index (χ2v) is 5.06. The van der Waals surface area contributed by atoms with Crippen LogP contribution in [-0.2, 0) is 4.79 Å². The molecule has 0 saturated carbocycles. The molecule has 0 aliphatic carbocycles. The van der Waals surface area contributed by atoms with Gasteiger partial charge in [0, 0.05) is 24.6 Å². The number of carbonyl (C=O) groups is 2. The van der Waals surface area contributed by atoms with Crippen LogP contribution in [0.3, 0.4) is 0 Å². The molecule has 0 spiro atoms. The van der Waals surface area contributed by atoms with E-state index in [1.165, 1.54) is 25.3 Å². The Morgan fingerprint density at radius 3 is 2.52 bits per heavy atom. The van der Waals surface area contributed by atoms with Crippen molar-refractivity contribution in [3.05, 3.63) is 64.2 Å². The summed E-state index contributed by atoms with van der Waals surface area (Å²) in [5.41, 5.74) is 0.706. The second-order valence-electron chi connectivity index (χ2n) is 5.06. The Kier molecular flexibility index (Phi) is 6.05. The molecule has 0 saturated heterocycles. The number of rotatable bonds is 7. The monoisotopic (exact) mass is 343 g/mol. The van der Waals surface area contributed by atoms with Gasteiger partial charge in [0.05, 0.1) is 23.8 Å². The molecule has 0 aliphatic heterocycles. The van der Waals surface area contributed by atoms with Crippen LogP contribution in [-0.4, -0.2) is 30.4 Å². The summed E-state index contributed by atoms with van der Waals surface area (Å²) in [6, 6.07) is 12.6. The Morgan fingerprint density at radius 1 is 1.16 bits per heavy atom. The molecule has 0 aromatic heterocycles. The zero-order valence-electron chi connectivity index (χ0n) is 13.5. The minimum Gasteiger partial charge on any atom is -0.494 e. The van der Waals surface area contributed by atoms with E-state index in [1.54, 1.807) is 24.3 Å². The minimum absolute atomic E-state index is 0.0543. The number of hydrogen-bond acceptors (Lipinski definition) is 5. The van der Waals surface area contributed by atoms with E-state index in [4.69, 9.17) is 4.74 Å². The molecule has 0 fully saturated rings. The van der Waals surface area contributed by atoms with Gasteiger partial charge in [-0.25, -0.2) is 0 Å². The summed E-state index contributed by atoms with van der Waals surface area (Å²) in [5, 5.41) is 16.0. The highest BCUT2D eigenvalue weighted by atomic mass is 16.6. The van der Waals surface area contributed by atoms with Gasteiger partial charge in [-0.05, 0) is 18.2 Å². The third-order valence-electron chi connectivity index (χ3n) is 3.34. The third kappa shape index (κ3) is 5.03. The lowest BCUT2D eigenvalue weighted by Crippen LogP contribution is -2.27. The number of benzene rings is 2. The Hall–Kier alpha value is -3.42. The molecule has 0 atom stereocenters. The lowest BCUT2D eigenvalue weighted by Gasteiger charge is -2.10. The standard InChI is InChI=1S/C17H17N3O5/c1-25-15-11-13(20(23)24)7-8-14(15)19-16(21)9-10-18-17(22)12-5-3-2-4-6-12/h2-8,11H,9-10H2,1H3,(H,18,22)(H,19,21). The first-order chi connectivity index (χ1) is 12.0. The van der Waals surface area contributed by atoms with Crippen LogP contribution >= 0.6 is 0 Å². The molecule has 0 radical (unpaired) electrons. The van der Waals surface area contributed by atoms with E-state index in [-0.39, 0.29) is 36.2 Å². The predicted molar refractivity (Wildman–Crippen MR) is 91.7 cm³/mol. The minimum atomic E-state index is -0.548. The Bertz CT molecular complexity index is 777. The highest BCUT2D eigenvalue weighted by molar-refractivity contribution is 5.95. The van der Waals surface area contributed by atoms with Crippen LogP contribution < -0.4 is 15.4 Å². The molecule has 0 bridgehead atoms. The summed E-state index contributed by atoms with van der Waals surface area (Å²) >= 11 is 0. The van der Waals surface area contributed by atoms with E-state index >= 15 is 0 Å². The average Bonchev–Trinajstić information content (AvgIpc) is 2.62. The SMILES string of the molecule is COc1cc([N+](=O)[O-])ccc1NC(=O)CCNC(=O)c1ccccc1. The molecule has 2 aromatic rings. The average molecular weight is 343 g/mol. The lowest BCUT2D eigenvalue weighted by atomic mass is 10.2. The van der Waals surface area contributed by atoms with Crippen molar-refractivity contribution in [2.75, 3.05) is 19.0 Å². The number of ether oxygens (including phenoxy) is 1. The first kappa shape index (κ1) is 17.9. The van der Waals surface area contributed by atoms with Gasteiger partial charge < -0.3 is 15.4 Å². The highest BCUT2D eigenvalue weighted by Crippen LogP contribution is 2.28. The summed E-state index contributed by atoms with van der Waals surface area (Å²) in [5.74, 6) is -0.419. The first-order valence-electron chi connectivity index (χ1n) is 7.47. The number of methoxy groups -OCH3 is 1. The number of carbonyl (C=O) groups excluding carboxylic acids is 2. The lowest BCUT2D eigenvalue weighted by molar-refractivity contribution is -0.384. The van der Waals surface area contributed by atoms with Crippen LogP contribution in [0.1, 0.15) is 16.8 Å². The van der Waals surface area contributed by atoms with Crippen molar-refractivity contribution in [2.45, 2.75) is 6.42 Å².